The van der Waals surface area contributed by atoms with E-state index in [1.165, 1.54) is 12.0 Å². The SMILES string of the molecule is Cc1cscc1-c1nc2c(c(=O)[nH]1)CCCCC2. The molecule has 3 rings (SSSR count). The smallest absolute Gasteiger partial charge is 0.254 e. The minimum atomic E-state index is 0.0579. The number of nitrogens with zero attached hydrogens (tertiary/aromatic N) is 1. The number of hydrogen-bond acceptors (Lipinski definition) is 3. The van der Waals surface area contributed by atoms with Crippen LogP contribution in [0, 0.1) is 6.92 Å². The lowest BCUT2D eigenvalue weighted by Crippen LogP contribution is -2.18. The van der Waals surface area contributed by atoms with Crippen molar-refractivity contribution in [2.45, 2.75) is 39.0 Å². The predicted molar refractivity (Wildman–Crippen MR) is 74.2 cm³/mol. The van der Waals surface area contributed by atoms with E-state index in [1.807, 2.05) is 0 Å². The van der Waals surface area contributed by atoms with Crippen LogP contribution in [0.3, 0.4) is 0 Å². The lowest BCUT2D eigenvalue weighted by Gasteiger charge is -2.07. The zero-order chi connectivity index (χ0) is 12.5. The van der Waals surface area contributed by atoms with Gasteiger partial charge in [0.05, 0.1) is 5.69 Å². The molecule has 2 heterocycles. The Labute approximate surface area is 110 Å². The van der Waals surface area contributed by atoms with Gasteiger partial charge in [0, 0.05) is 16.5 Å². The van der Waals surface area contributed by atoms with Crippen molar-refractivity contribution >= 4 is 11.3 Å². The van der Waals surface area contributed by atoms with Gasteiger partial charge in [0.1, 0.15) is 5.82 Å². The molecule has 3 nitrogen and oxygen atoms in total. The molecule has 0 amide bonds. The Bertz CT molecular complexity index is 627. The molecule has 0 fully saturated rings. The summed E-state index contributed by atoms with van der Waals surface area (Å²) in [6, 6.07) is 0. The van der Waals surface area contributed by atoms with Crippen molar-refractivity contribution in [3.63, 3.8) is 0 Å². The lowest BCUT2D eigenvalue weighted by molar-refractivity contribution is 0.708. The summed E-state index contributed by atoms with van der Waals surface area (Å²) in [5, 5.41) is 4.14. The van der Waals surface area contributed by atoms with Crippen LogP contribution in [0.15, 0.2) is 15.6 Å². The van der Waals surface area contributed by atoms with Crippen LogP contribution in [0.4, 0.5) is 0 Å². The normalized spacial score (nSPS) is 15.2. The summed E-state index contributed by atoms with van der Waals surface area (Å²) in [5.74, 6) is 0.736. The molecule has 0 bridgehead atoms. The van der Waals surface area contributed by atoms with Gasteiger partial charge < -0.3 is 4.98 Å². The summed E-state index contributed by atoms with van der Waals surface area (Å²) in [6.07, 6.45) is 5.26. The number of thiophene rings is 1. The van der Waals surface area contributed by atoms with E-state index in [4.69, 9.17) is 0 Å². The monoisotopic (exact) mass is 260 g/mol. The third-order valence-corrected chi connectivity index (χ3v) is 4.41. The number of hydrogen-bond donors (Lipinski definition) is 1. The molecule has 0 unspecified atom stereocenters. The van der Waals surface area contributed by atoms with Gasteiger partial charge in [0.2, 0.25) is 0 Å². The van der Waals surface area contributed by atoms with Crippen LogP contribution < -0.4 is 5.56 Å². The predicted octanol–water partition coefficient (Wildman–Crippen LogP) is 3.08. The standard InChI is InChI=1S/C14H16N2OS/c1-9-7-18-8-11(9)13-15-12-6-4-2-3-5-10(12)14(17)16-13/h7-8H,2-6H2,1H3,(H,15,16,17). The molecule has 1 aliphatic rings. The molecule has 2 aromatic heterocycles. The summed E-state index contributed by atoms with van der Waals surface area (Å²) in [5.41, 5.74) is 4.21. The van der Waals surface area contributed by atoms with Crippen LogP contribution in [0.2, 0.25) is 0 Å². The van der Waals surface area contributed by atoms with Gasteiger partial charge in [-0.3, -0.25) is 4.79 Å². The van der Waals surface area contributed by atoms with Crippen molar-refractivity contribution in [2.75, 3.05) is 0 Å². The molecule has 0 radical (unpaired) electrons. The Hall–Kier alpha value is -1.42. The molecule has 0 aliphatic heterocycles. The second kappa shape index (κ2) is 4.69. The summed E-state index contributed by atoms with van der Waals surface area (Å²) in [4.78, 5) is 19.8. The van der Waals surface area contributed by atoms with Crippen LogP contribution in [-0.2, 0) is 12.8 Å². The summed E-state index contributed by atoms with van der Waals surface area (Å²) >= 11 is 1.65. The largest absolute Gasteiger partial charge is 0.306 e. The molecule has 0 aromatic carbocycles. The number of aryl methyl sites for hydroxylation is 2. The zero-order valence-electron chi connectivity index (χ0n) is 10.5. The highest BCUT2D eigenvalue weighted by Crippen LogP contribution is 2.24. The van der Waals surface area contributed by atoms with Crippen LogP contribution in [0.25, 0.3) is 11.4 Å². The van der Waals surface area contributed by atoms with E-state index in [9.17, 15) is 4.79 Å². The highest BCUT2D eigenvalue weighted by molar-refractivity contribution is 7.08. The first-order chi connectivity index (χ1) is 8.75. The molecule has 18 heavy (non-hydrogen) atoms. The Morgan fingerprint density at radius 3 is 2.83 bits per heavy atom. The van der Waals surface area contributed by atoms with Crippen LogP contribution >= 0.6 is 11.3 Å². The Balaban J connectivity index is 2.14. The fraction of sp³-hybridized carbons (Fsp3) is 0.429. The number of aromatic amines is 1. The molecular formula is C14H16N2OS. The molecule has 0 spiro atoms. The minimum absolute atomic E-state index is 0.0579. The molecular weight excluding hydrogens is 244 g/mol. The first kappa shape index (κ1) is 11.7. The van der Waals surface area contributed by atoms with Crippen molar-refractivity contribution in [2.24, 2.45) is 0 Å². The van der Waals surface area contributed by atoms with Gasteiger partial charge in [-0.2, -0.15) is 11.3 Å². The van der Waals surface area contributed by atoms with E-state index in [-0.39, 0.29) is 5.56 Å². The van der Waals surface area contributed by atoms with Crippen molar-refractivity contribution in [3.05, 3.63) is 37.9 Å². The minimum Gasteiger partial charge on any atom is -0.306 e. The van der Waals surface area contributed by atoms with Gasteiger partial charge in [0.25, 0.3) is 5.56 Å². The van der Waals surface area contributed by atoms with Gasteiger partial charge in [-0.15, -0.1) is 0 Å². The van der Waals surface area contributed by atoms with Gasteiger partial charge in [0.15, 0.2) is 0 Å². The maximum Gasteiger partial charge on any atom is 0.254 e. The number of H-pyrrole nitrogens is 1. The van der Waals surface area contributed by atoms with Crippen LogP contribution in [-0.4, -0.2) is 9.97 Å². The molecule has 94 valence electrons. The van der Waals surface area contributed by atoms with Crippen LogP contribution in [0.1, 0.15) is 36.1 Å². The fourth-order valence-corrected chi connectivity index (χ4v) is 3.34. The second-order valence-corrected chi connectivity index (χ2v) is 5.61. The van der Waals surface area contributed by atoms with E-state index >= 15 is 0 Å². The van der Waals surface area contributed by atoms with Gasteiger partial charge in [-0.1, -0.05) is 6.42 Å². The van der Waals surface area contributed by atoms with Crippen molar-refractivity contribution < 1.29 is 0 Å². The van der Waals surface area contributed by atoms with Crippen molar-refractivity contribution in [1.82, 2.24) is 9.97 Å². The quantitative estimate of drug-likeness (QED) is 0.801. The number of aromatic nitrogens is 2. The third kappa shape index (κ3) is 2.01. The Morgan fingerprint density at radius 2 is 2.06 bits per heavy atom. The second-order valence-electron chi connectivity index (χ2n) is 4.87. The molecule has 0 atom stereocenters. The summed E-state index contributed by atoms with van der Waals surface area (Å²) in [7, 11) is 0. The van der Waals surface area contributed by atoms with E-state index < -0.39 is 0 Å². The van der Waals surface area contributed by atoms with E-state index in [2.05, 4.69) is 27.7 Å². The Kier molecular flexibility index (Phi) is 3.04. The van der Waals surface area contributed by atoms with Gasteiger partial charge >= 0.3 is 0 Å². The van der Waals surface area contributed by atoms with Crippen LogP contribution in [0.5, 0.6) is 0 Å². The lowest BCUT2D eigenvalue weighted by atomic mass is 10.1. The summed E-state index contributed by atoms with van der Waals surface area (Å²) < 4.78 is 0. The highest BCUT2D eigenvalue weighted by Gasteiger charge is 2.15. The first-order valence-corrected chi connectivity index (χ1v) is 7.35. The van der Waals surface area contributed by atoms with E-state index in [0.717, 1.165) is 48.3 Å². The van der Waals surface area contributed by atoms with Gasteiger partial charge in [-0.25, -0.2) is 4.98 Å². The maximum atomic E-state index is 12.2. The number of fused-ring (bicyclic) bond motifs is 1. The molecule has 1 N–H and O–H groups in total. The third-order valence-electron chi connectivity index (χ3n) is 3.55. The van der Waals surface area contributed by atoms with E-state index in [1.54, 1.807) is 11.3 Å². The summed E-state index contributed by atoms with van der Waals surface area (Å²) in [6.45, 7) is 2.05. The van der Waals surface area contributed by atoms with Crippen molar-refractivity contribution in [3.8, 4) is 11.4 Å². The maximum absolute atomic E-state index is 12.2. The highest BCUT2D eigenvalue weighted by atomic mass is 32.1. The first-order valence-electron chi connectivity index (χ1n) is 6.41. The topological polar surface area (TPSA) is 45.8 Å². The zero-order valence-corrected chi connectivity index (χ0v) is 11.3. The Morgan fingerprint density at radius 1 is 1.22 bits per heavy atom. The fourth-order valence-electron chi connectivity index (χ4n) is 2.51. The van der Waals surface area contributed by atoms with Crippen molar-refractivity contribution in [1.29, 1.82) is 0 Å². The molecule has 2 aromatic rings. The van der Waals surface area contributed by atoms with Gasteiger partial charge in [-0.05, 0) is 43.6 Å². The molecule has 0 saturated carbocycles. The molecule has 0 saturated heterocycles. The average Bonchev–Trinajstić information content (AvgIpc) is 2.63. The average molecular weight is 260 g/mol. The molecule has 1 aliphatic carbocycles. The number of rotatable bonds is 1. The van der Waals surface area contributed by atoms with E-state index in [0.29, 0.717) is 0 Å². The number of nitrogens with one attached hydrogen (secondary N) is 1. The molecule has 4 heteroatoms.